The van der Waals surface area contributed by atoms with Crippen molar-refractivity contribution in [3.8, 4) is 0 Å². The molecule has 0 spiro atoms. The second-order valence-corrected chi connectivity index (χ2v) is 5.64. The molecule has 2 N–H and O–H groups in total. The first-order chi connectivity index (χ1) is 9.95. The number of hydrogen-bond acceptors (Lipinski definition) is 5. The summed E-state index contributed by atoms with van der Waals surface area (Å²) in [4.78, 5) is 25.7. The Hall–Kier alpha value is -1.60. The fraction of sp³-hybridized carbons (Fsp3) is 0.643. The number of amides is 2. The lowest BCUT2D eigenvalue weighted by Gasteiger charge is -2.30. The van der Waals surface area contributed by atoms with E-state index in [0.717, 1.165) is 19.4 Å². The number of aromatic nitrogens is 1. The number of carbonyl (C=O) groups excluding carboxylic acids is 2. The SMILES string of the molecule is Cc1cc(NC(=O)CN(C)C(=O)[C@H]2CCN[C@@H](C)C2)no1.Cl. The van der Waals surface area contributed by atoms with Gasteiger partial charge in [0.1, 0.15) is 5.76 Å². The highest BCUT2D eigenvalue weighted by atomic mass is 35.5. The van der Waals surface area contributed by atoms with E-state index in [1.165, 1.54) is 4.90 Å². The minimum Gasteiger partial charge on any atom is -0.360 e. The molecular weight excluding hydrogens is 308 g/mol. The molecule has 0 aromatic carbocycles. The first-order valence-corrected chi connectivity index (χ1v) is 7.17. The molecule has 2 heterocycles. The molecule has 1 aliphatic rings. The van der Waals surface area contributed by atoms with Gasteiger partial charge in [-0.15, -0.1) is 12.4 Å². The van der Waals surface area contributed by atoms with Crippen molar-refractivity contribution in [2.45, 2.75) is 32.7 Å². The van der Waals surface area contributed by atoms with Gasteiger partial charge < -0.3 is 20.1 Å². The smallest absolute Gasteiger partial charge is 0.245 e. The highest BCUT2D eigenvalue weighted by Crippen LogP contribution is 2.18. The van der Waals surface area contributed by atoms with Crippen LogP contribution in [0.5, 0.6) is 0 Å². The lowest BCUT2D eigenvalue weighted by atomic mass is 9.92. The zero-order valence-electron chi connectivity index (χ0n) is 13.1. The maximum Gasteiger partial charge on any atom is 0.245 e. The summed E-state index contributed by atoms with van der Waals surface area (Å²) in [5.74, 6) is 0.733. The second kappa shape index (κ2) is 8.14. The molecule has 22 heavy (non-hydrogen) atoms. The molecule has 0 bridgehead atoms. The van der Waals surface area contributed by atoms with Gasteiger partial charge in [-0.2, -0.15) is 0 Å². The van der Waals surface area contributed by atoms with Gasteiger partial charge >= 0.3 is 0 Å². The molecule has 7 nitrogen and oxygen atoms in total. The van der Waals surface area contributed by atoms with Crippen molar-refractivity contribution in [2.75, 3.05) is 25.5 Å². The van der Waals surface area contributed by atoms with Gasteiger partial charge in [0.05, 0.1) is 6.54 Å². The van der Waals surface area contributed by atoms with E-state index in [9.17, 15) is 9.59 Å². The monoisotopic (exact) mass is 330 g/mol. The Morgan fingerprint density at radius 3 is 2.86 bits per heavy atom. The summed E-state index contributed by atoms with van der Waals surface area (Å²) in [7, 11) is 1.66. The number of rotatable bonds is 4. The molecule has 2 rings (SSSR count). The average Bonchev–Trinajstić information content (AvgIpc) is 2.82. The summed E-state index contributed by atoms with van der Waals surface area (Å²) in [6.45, 7) is 4.68. The molecular formula is C14H23ClN4O3. The van der Waals surface area contributed by atoms with Gasteiger partial charge in [0.2, 0.25) is 11.8 Å². The summed E-state index contributed by atoms with van der Waals surface area (Å²) >= 11 is 0. The number of carbonyl (C=O) groups is 2. The Labute approximate surface area is 136 Å². The van der Waals surface area contributed by atoms with Crippen LogP contribution >= 0.6 is 12.4 Å². The lowest BCUT2D eigenvalue weighted by molar-refractivity contribution is -0.137. The molecule has 0 unspecified atom stereocenters. The third-order valence-corrected chi connectivity index (χ3v) is 3.63. The second-order valence-electron chi connectivity index (χ2n) is 5.64. The molecule has 0 radical (unpaired) electrons. The van der Waals surface area contributed by atoms with E-state index in [2.05, 4.69) is 22.7 Å². The van der Waals surface area contributed by atoms with Gasteiger partial charge in [-0.3, -0.25) is 9.59 Å². The molecule has 1 aromatic rings. The summed E-state index contributed by atoms with van der Waals surface area (Å²) in [5.41, 5.74) is 0. The molecule has 0 saturated carbocycles. The van der Waals surface area contributed by atoms with Crippen molar-refractivity contribution in [3.63, 3.8) is 0 Å². The number of aryl methyl sites for hydroxylation is 1. The van der Waals surface area contributed by atoms with Crippen LogP contribution in [-0.4, -0.2) is 48.0 Å². The van der Waals surface area contributed by atoms with Gasteiger partial charge in [0.15, 0.2) is 5.82 Å². The molecule has 2 amide bonds. The van der Waals surface area contributed by atoms with Crippen LogP contribution in [0.25, 0.3) is 0 Å². The van der Waals surface area contributed by atoms with Crippen molar-refractivity contribution in [2.24, 2.45) is 5.92 Å². The summed E-state index contributed by atoms with van der Waals surface area (Å²) < 4.78 is 4.87. The fourth-order valence-electron chi connectivity index (χ4n) is 2.57. The van der Waals surface area contributed by atoms with Gasteiger partial charge in [-0.25, -0.2) is 0 Å². The zero-order chi connectivity index (χ0) is 15.4. The molecule has 124 valence electrons. The van der Waals surface area contributed by atoms with E-state index in [-0.39, 0.29) is 36.7 Å². The number of halogens is 1. The Bertz CT molecular complexity index is 520. The number of anilines is 1. The molecule has 1 aromatic heterocycles. The van der Waals surface area contributed by atoms with Crippen molar-refractivity contribution in [3.05, 3.63) is 11.8 Å². The van der Waals surface area contributed by atoms with Gasteiger partial charge in [0, 0.05) is 25.1 Å². The van der Waals surface area contributed by atoms with Crippen LogP contribution in [-0.2, 0) is 9.59 Å². The van der Waals surface area contributed by atoms with Crippen molar-refractivity contribution < 1.29 is 14.1 Å². The maximum absolute atomic E-state index is 12.3. The average molecular weight is 331 g/mol. The van der Waals surface area contributed by atoms with Crippen LogP contribution in [0.15, 0.2) is 10.6 Å². The van der Waals surface area contributed by atoms with Crippen molar-refractivity contribution >= 4 is 30.0 Å². The van der Waals surface area contributed by atoms with E-state index in [0.29, 0.717) is 17.6 Å². The predicted octanol–water partition coefficient (Wildman–Crippen LogP) is 1.19. The third kappa shape index (κ3) is 4.99. The van der Waals surface area contributed by atoms with Crippen molar-refractivity contribution in [1.82, 2.24) is 15.4 Å². The van der Waals surface area contributed by atoms with Crippen molar-refractivity contribution in [1.29, 1.82) is 0 Å². The first kappa shape index (κ1) is 18.4. The highest BCUT2D eigenvalue weighted by molar-refractivity contribution is 5.94. The van der Waals surface area contributed by atoms with Crippen LogP contribution in [0.1, 0.15) is 25.5 Å². The van der Waals surface area contributed by atoms with Gasteiger partial charge in [-0.05, 0) is 33.2 Å². The maximum atomic E-state index is 12.3. The number of likely N-dealkylation sites (N-methyl/N-ethyl adjacent to an activating group) is 1. The molecule has 2 atom stereocenters. The first-order valence-electron chi connectivity index (χ1n) is 7.17. The third-order valence-electron chi connectivity index (χ3n) is 3.63. The Kier molecular flexibility index (Phi) is 6.83. The van der Waals surface area contributed by atoms with E-state index in [4.69, 9.17) is 4.52 Å². The lowest BCUT2D eigenvalue weighted by Crippen LogP contribution is -2.44. The topological polar surface area (TPSA) is 87.5 Å². The van der Waals surface area contributed by atoms with E-state index in [1.807, 2.05) is 0 Å². The summed E-state index contributed by atoms with van der Waals surface area (Å²) in [6, 6.07) is 1.97. The highest BCUT2D eigenvalue weighted by Gasteiger charge is 2.27. The van der Waals surface area contributed by atoms with Gasteiger partial charge in [-0.1, -0.05) is 5.16 Å². The number of hydrogen-bond donors (Lipinski definition) is 2. The normalized spacial score (nSPS) is 20.9. The van der Waals surface area contributed by atoms with E-state index >= 15 is 0 Å². The number of piperidine rings is 1. The number of nitrogens with one attached hydrogen (secondary N) is 2. The number of nitrogens with zero attached hydrogens (tertiary/aromatic N) is 2. The molecule has 1 aliphatic heterocycles. The predicted molar refractivity (Wildman–Crippen MR) is 84.9 cm³/mol. The Balaban J connectivity index is 0.00000242. The van der Waals surface area contributed by atoms with Crippen LogP contribution in [0.4, 0.5) is 5.82 Å². The van der Waals surface area contributed by atoms with E-state index < -0.39 is 0 Å². The summed E-state index contributed by atoms with van der Waals surface area (Å²) in [6.07, 6.45) is 1.63. The molecule has 8 heteroatoms. The van der Waals surface area contributed by atoms with Crippen LogP contribution < -0.4 is 10.6 Å². The van der Waals surface area contributed by atoms with Gasteiger partial charge in [0.25, 0.3) is 0 Å². The quantitative estimate of drug-likeness (QED) is 0.866. The van der Waals surface area contributed by atoms with Crippen LogP contribution in [0.3, 0.4) is 0 Å². The minimum atomic E-state index is -0.277. The van der Waals surface area contributed by atoms with Crippen LogP contribution in [0, 0.1) is 12.8 Å². The molecule has 0 aliphatic carbocycles. The zero-order valence-corrected chi connectivity index (χ0v) is 13.9. The molecule has 1 saturated heterocycles. The Morgan fingerprint density at radius 1 is 1.55 bits per heavy atom. The standard InChI is InChI=1S/C14H22N4O3.ClH/c1-9-6-11(4-5-15-9)14(20)18(3)8-13(19)16-12-7-10(2)21-17-12;/h7,9,11,15H,4-6,8H2,1-3H3,(H,16,17,19);1H/t9-,11-;/m0./s1. The molecule has 1 fully saturated rings. The van der Waals surface area contributed by atoms with E-state index in [1.54, 1.807) is 20.0 Å². The minimum absolute atomic E-state index is 0. The Morgan fingerprint density at radius 2 is 2.27 bits per heavy atom. The fourth-order valence-corrected chi connectivity index (χ4v) is 2.57. The summed E-state index contributed by atoms with van der Waals surface area (Å²) in [5, 5.41) is 9.61. The largest absolute Gasteiger partial charge is 0.360 e. The van der Waals surface area contributed by atoms with Crippen LogP contribution in [0.2, 0.25) is 0 Å².